The first-order valence-corrected chi connectivity index (χ1v) is 15.8. The molecule has 262 valence electrons. The second-order valence-electron chi connectivity index (χ2n) is 13.7. The molecule has 5 rings (SSSR count). The third-order valence-electron chi connectivity index (χ3n) is 9.43. The normalized spacial score (nSPS) is 27.1. The number of amides is 1. The quantitative estimate of drug-likeness (QED) is 0.240. The molecule has 2 bridgehead atoms. The van der Waals surface area contributed by atoms with Crippen LogP contribution < -0.4 is 14.8 Å². The average molecular weight is 675 g/mol. The third kappa shape index (κ3) is 6.04. The molecule has 2 heterocycles. The number of methoxy groups -OCH3 is 1. The van der Waals surface area contributed by atoms with E-state index in [4.69, 9.17) is 28.4 Å². The van der Waals surface area contributed by atoms with Crippen molar-refractivity contribution in [3.63, 3.8) is 0 Å². The van der Waals surface area contributed by atoms with Crippen molar-refractivity contribution in [3.8, 4) is 11.5 Å². The van der Waals surface area contributed by atoms with Crippen LogP contribution in [0.5, 0.6) is 11.5 Å². The fraction of sp³-hybridized carbons (Fsp3) is 0.606. The molecule has 0 unspecified atom stereocenters. The number of nitrogens with one attached hydrogen (secondary N) is 1. The van der Waals surface area contributed by atoms with Gasteiger partial charge in [0.05, 0.1) is 24.5 Å². The Morgan fingerprint density at radius 2 is 1.83 bits per heavy atom. The summed E-state index contributed by atoms with van der Waals surface area (Å²) in [6.07, 6.45) is -2.79. The number of hydrogen-bond acceptors (Lipinski definition) is 13. The van der Waals surface area contributed by atoms with Gasteiger partial charge in [-0.1, -0.05) is 6.07 Å². The number of benzene rings is 1. The highest BCUT2D eigenvalue weighted by molar-refractivity contribution is 5.90. The van der Waals surface area contributed by atoms with Gasteiger partial charge in [0.25, 0.3) is 5.91 Å². The summed E-state index contributed by atoms with van der Waals surface area (Å²) in [5.41, 5.74) is -1.13. The van der Waals surface area contributed by atoms with E-state index in [1.54, 1.807) is 26.8 Å². The van der Waals surface area contributed by atoms with E-state index in [-0.39, 0.29) is 18.2 Å². The number of rotatable bonds is 10. The number of likely N-dealkylation sites (tertiary alicyclic amines) is 1. The molecule has 4 aliphatic rings. The number of hydrogen-bond donors (Lipinski definition) is 3. The maximum absolute atomic E-state index is 13.2. The first-order chi connectivity index (χ1) is 22.4. The molecule has 15 heteroatoms. The Balaban J connectivity index is 1.24. The maximum atomic E-state index is 13.2. The molecule has 0 radical (unpaired) electrons. The van der Waals surface area contributed by atoms with E-state index < -0.39 is 77.4 Å². The Labute approximate surface area is 277 Å². The molecule has 48 heavy (non-hydrogen) atoms. The van der Waals surface area contributed by atoms with Gasteiger partial charge in [-0.25, -0.2) is 14.4 Å². The molecule has 1 aromatic rings. The molecule has 2 aliphatic carbocycles. The lowest BCUT2D eigenvalue weighted by Gasteiger charge is -2.61. The van der Waals surface area contributed by atoms with Crippen LogP contribution in [0.15, 0.2) is 24.0 Å². The van der Waals surface area contributed by atoms with Gasteiger partial charge in [0, 0.05) is 18.0 Å². The minimum atomic E-state index is -1.76. The smallest absolute Gasteiger partial charge is 0.493 e. The molecular weight excluding hydrogens is 632 g/mol. The van der Waals surface area contributed by atoms with Crippen LogP contribution in [0.1, 0.15) is 65.0 Å². The Morgan fingerprint density at radius 1 is 1.12 bits per heavy atom. The van der Waals surface area contributed by atoms with E-state index in [9.17, 15) is 34.2 Å². The van der Waals surface area contributed by atoms with Crippen LogP contribution in [0.25, 0.3) is 0 Å². The lowest BCUT2D eigenvalue weighted by Crippen LogP contribution is -2.74. The van der Waals surface area contributed by atoms with Crippen LogP contribution in [-0.4, -0.2) is 107 Å². The van der Waals surface area contributed by atoms with Crippen molar-refractivity contribution in [2.24, 2.45) is 0 Å². The largest absolute Gasteiger partial charge is 0.509 e. The fourth-order valence-electron chi connectivity index (χ4n) is 7.21. The minimum absolute atomic E-state index is 0.164. The number of aliphatic carboxylic acids is 1. The third-order valence-corrected chi connectivity index (χ3v) is 9.43. The Morgan fingerprint density at radius 3 is 2.48 bits per heavy atom. The number of likely N-dealkylation sites (N-methyl/N-ethyl adjacent to an activating group) is 1. The second kappa shape index (κ2) is 12.6. The molecule has 1 saturated heterocycles. The number of ether oxygens (including phenoxy) is 6. The van der Waals surface area contributed by atoms with Crippen molar-refractivity contribution in [1.82, 2.24) is 10.2 Å². The minimum Gasteiger partial charge on any atom is -0.493 e. The van der Waals surface area contributed by atoms with Gasteiger partial charge in [-0.15, -0.1) is 0 Å². The van der Waals surface area contributed by atoms with E-state index in [1.165, 1.54) is 21.0 Å². The average Bonchev–Trinajstić information content (AvgIpc) is 3.34. The molecule has 2 aliphatic heterocycles. The van der Waals surface area contributed by atoms with Crippen molar-refractivity contribution in [1.29, 1.82) is 0 Å². The highest BCUT2D eigenvalue weighted by Gasteiger charge is 2.72. The SMILES string of the molecule is COc1ccc2c3c1O[C@H]1C(OC(=O)[C@H](C)OC(=O)C[C@H](NC(=O)[C@H](C)OC(=O)OC(C)(C)C)C(=O)O)=CC[C@@]4(O)[C@@H](C2)N(C)CC[C@]314. The van der Waals surface area contributed by atoms with E-state index in [0.717, 1.165) is 11.1 Å². The van der Waals surface area contributed by atoms with E-state index >= 15 is 0 Å². The van der Waals surface area contributed by atoms with Gasteiger partial charge >= 0.3 is 24.1 Å². The summed E-state index contributed by atoms with van der Waals surface area (Å²) in [4.78, 5) is 64.3. The Bertz CT molecular complexity index is 1550. The first-order valence-electron chi connectivity index (χ1n) is 15.8. The van der Waals surface area contributed by atoms with Crippen molar-refractivity contribution in [2.45, 2.75) is 107 Å². The van der Waals surface area contributed by atoms with Crippen molar-refractivity contribution in [3.05, 3.63) is 35.1 Å². The predicted molar refractivity (Wildman–Crippen MR) is 164 cm³/mol. The van der Waals surface area contributed by atoms with Crippen LogP contribution in [0, 0.1) is 0 Å². The molecule has 1 spiro atoms. The van der Waals surface area contributed by atoms with Crippen molar-refractivity contribution >= 4 is 30.0 Å². The molecule has 1 fully saturated rings. The van der Waals surface area contributed by atoms with Gasteiger partial charge in [-0.3, -0.25) is 9.59 Å². The van der Waals surface area contributed by atoms with E-state index in [1.807, 2.05) is 19.2 Å². The lowest BCUT2D eigenvalue weighted by molar-refractivity contribution is -0.175. The van der Waals surface area contributed by atoms with Gasteiger partial charge in [-0.2, -0.15) is 0 Å². The highest BCUT2D eigenvalue weighted by atomic mass is 16.7. The monoisotopic (exact) mass is 674 g/mol. The van der Waals surface area contributed by atoms with Gasteiger partial charge in [0.2, 0.25) is 0 Å². The summed E-state index contributed by atoms with van der Waals surface area (Å²) < 4.78 is 32.9. The summed E-state index contributed by atoms with van der Waals surface area (Å²) in [6.45, 7) is 7.94. The molecule has 1 aromatic carbocycles. The van der Waals surface area contributed by atoms with E-state index in [2.05, 4.69) is 10.2 Å². The zero-order chi connectivity index (χ0) is 35.3. The highest BCUT2D eigenvalue weighted by Crippen LogP contribution is 2.65. The van der Waals surface area contributed by atoms with Gasteiger partial charge in [0.15, 0.2) is 29.8 Å². The van der Waals surface area contributed by atoms with Crippen LogP contribution in [0.3, 0.4) is 0 Å². The Hall–Kier alpha value is -4.37. The van der Waals surface area contributed by atoms with Crippen LogP contribution in [0.4, 0.5) is 4.79 Å². The standard InChI is InChI=1S/C33H42N2O13/c1-16(45-30(41)48-31(3,4)5)27(37)34-19(28(38)39)15-23(36)44-17(2)29(40)46-21-10-11-33(42)22-14-18-8-9-20(43-7)25-24(18)32(33,26(21)47-25)12-13-35(22)6/h8-10,16-17,19,22,26,42H,11-15H2,1-7H3,(H,34,37)(H,38,39)/t16-,17-,19-,22+,26-,32-,33+/m0/s1. The van der Waals surface area contributed by atoms with E-state index in [0.29, 0.717) is 30.9 Å². The molecule has 7 atom stereocenters. The number of aliphatic hydroxyl groups is 1. The van der Waals surface area contributed by atoms with Crippen molar-refractivity contribution < 1.29 is 62.6 Å². The zero-order valence-electron chi connectivity index (χ0n) is 28.0. The molecule has 0 saturated carbocycles. The van der Waals surface area contributed by atoms with Crippen LogP contribution in [-0.2, 0) is 50.0 Å². The summed E-state index contributed by atoms with van der Waals surface area (Å²) in [5, 5.41) is 24.0. The summed E-state index contributed by atoms with van der Waals surface area (Å²) in [6, 6.07) is 1.84. The zero-order valence-corrected chi connectivity index (χ0v) is 28.0. The Kier molecular flexibility index (Phi) is 9.16. The number of carbonyl (C=O) groups excluding carboxylic acids is 4. The molecule has 3 N–H and O–H groups in total. The molecule has 0 aromatic heterocycles. The number of piperidine rings is 1. The number of nitrogens with zero attached hydrogens (tertiary/aromatic N) is 1. The first kappa shape index (κ1) is 35.0. The van der Waals surface area contributed by atoms with Crippen LogP contribution >= 0.6 is 0 Å². The lowest BCUT2D eigenvalue weighted by atomic mass is 9.50. The summed E-state index contributed by atoms with van der Waals surface area (Å²) in [7, 11) is 3.50. The van der Waals surface area contributed by atoms with Crippen molar-refractivity contribution in [2.75, 3.05) is 20.7 Å². The number of carboxylic acids is 1. The van der Waals surface area contributed by atoms with Gasteiger partial charge < -0.3 is 48.9 Å². The number of carbonyl (C=O) groups is 5. The van der Waals surface area contributed by atoms with Gasteiger partial charge in [0.1, 0.15) is 17.4 Å². The predicted octanol–water partition coefficient (Wildman–Crippen LogP) is 1.75. The summed E-state index contributed by atoms with van der Waals surface area (Å²) >= 11 is 0. The topological polar surface area (TPSA) is 196 Å². The van der Waals surface area contributed by atoms with Gasteiger partial charge in [-0.05, 0) is 78.8 Å². The fourth-order valence-corrected chi connectivity index (χ4v) is 7.21. The summed E-state index contributed by atoms with van der Waals surface area (Å²) in [5.74, 6) is -3.45. The number of carboxylic acid groups (broad SMARTS) is 1. The molecular formula is C33H42N2O13. The maximum Gasteiger partial charge on any atom is 0.509 e. The van der Waals surface area contributed by atoms with Crippen LogP contribution in [0.2, 0.25) is 0 Å². The molecule has 1 amide bonds. The second-order valence-corrected chi connectivity index (χ2v) is 13.7. The molecule has 15 nitrogen and oxygen atoms in total. The number of esters is 2.